The first-order chi connectivity index (χ1) is 9.25. The van der Waals surface area contributed by atoms with Crippen LogP contribution in [0.1, 0.15) is 41.0 Å². The van der Waals surface area contributed by atoms with Gasteiger partial charge in [-0.1, -0.05) is 27.7 Å². The normalized spacial score (nSPS) is 23.6. The zero-order chi connectivity index (χ0) is 14.7. The third kappa shape index (κ3) is 6.92. The van der Waals surface area contributed by atoms with E-state index in [-0.39, 0.29) is 0 Å². The van der Waals surface area contributed by atoms with E-state index in [2.05, 4.69) is 29.1 Å². The summed E-state index contributed by atoms with van der Waals surface area (Å²) in [5.74, 6) is 1.20. The van der Waals surface area contributed by atoms with E-state index in [0.717, 1.165) is 26.2 Å². The highest BCUT2D eigenvalue weighted by atomic mass is 15.2. The first-order valence-corrected chi connectivity index (χ1v) is 7.94. The fourth-order valence-corrected chi connectivity index (χ4v) is 2.26. The maximum atomic E-state index is 4.74. The van der Waals surface area contributed by atoms with Crippen LogP contribution < -0.4 is 5.32 Å². The van der Waals surface area contributed by atoms with Crippen molar-refractivity contribution in [2.45, 2.75) is 47.1 Å². The smallest absolute Gasteiger partial charge is 0.0958 e. The number of nitrogens with one attached hydrogen (secondary N) is 1. The lowest BCUT2D eigenvalue weighted by Crippen LogP contribution is -2.47. The summed E-state index contributed by atoms with van der Waals surface area (Å²) < 4.78 is 0. The predicted molar refractivity (Wildman–Crippen MR) is 86.1 cm³/mol. The highest BCUT2D eigenvalue weighted by Gasteiger charge is 2.19. The number of piperazine rings is 1. The Morgan fingerprint density at radius 3 is 2.21 bits per heavy atom. The molecule has 2 heterocycles. The molecule has 2 rings (SSSR count). The van der Waals surface area contributed by atoms with Gasteiger partial charge in [0, 0.05) is 46.3 Å². The Kier molecular flexibility index (Phi) is 10.9. The summed E-state index contributed by atoms with van der Waals surface area (Å²) in [7, 11) is 2.12. The van der Waals surface area contributed by atoms with Crippen LogP contribution in [-0.4, -0.2) is 68.0 Å². The lowest BCUT2D eigenvalue weighted by Gasteiger charge is -2.33. The Labute approximate surface area is 120 Å². The minimum Gasteiger partial charge on any atom is -0.364 e. The molecule has 0 aromatic heterocycles. The molecule has 0 amide bonds. The molecule has 2 aliphatic heterocycles. The van der Waals surface area contributed by atoms with Crippen LogP contribution in [-0.2, 0) is 0 Å². The van der Waals surface area contributed by atoms with Crippen LogP contribution in [0.25, 0.3) is 0 Å². The maximum Gasteiger partial charge on any atom is 0.0958 e. The number of nitrogens with zero attached hydrogens (tertiary/aromatic N) is 3. The van der Waals surface area contributed by atoms with Gasteiger partial charge in [0.25, 0.3) is 0 Å². The second-order valence-electron chi connectivity index (χ2n) is 4.59. The molecule has 1 unspecified atom stereocenters. The van der Waals surface area contributed by atoms with Gasteiger partial charge in [-0.3, -0.25) is 9.89 Å². The molecule has 114 valence electrons. The lowest BCUT2D eigenvalue weighted by molar-refractivity contribution is 0.217. The van der Waals surface area contributed by atoms with E-state index in [4.69, 9.17) is 4.99 Å². The Hall–Kier alpha value is -0.610. The van der Waals surface area contributed by atoms with E-state index in [0.29, 0.717) is 6.04 Å². The molecular formula is C15H34N4. The molecule has 2 aliphatic rings. The summed E-state index contributed by atoms with van der Waals surface area (Å²) in [5.41, 5.74) is 0. The van der Waals surface area contributed by atoms with Gasteiger partial charge in [0.2, 0.25) is 0 Å². The van der Waals surface area contributed by atoms with Crippen molar-refractivity contribution < 1.29 is 0 Å². The van der Waals surface area contributed by atoms with E-state index in [1.165, 1.54) is 25.3 Å². The average Bonchev–Trinajstić information content (AvgIpc) is 2.48. The quantitative estimate of drug-likeness (QED) is 0.833. The van der Waals surface area contributed by atoms with E-state index in [9.17, 15) is 0 Å². The van der Waals surface area contributed by atoms with Gasteiger partial charge in [-0.05, 0) is 13.3 Å². The summed E-state index contributed by atoms with van der Waals surface area (Å²) in [6.07, 6.45) is 1.21. The summed E-state index contributed by atoms with van der Waals surface area (Å²) in [6.45, 7) is 17.1. The van der Waals surface area contributed by atoms with Crippen molar-refractivity contribution >= 4 is 5.84 Å². The van der Waals surface area contributed by atoms with Crippen molar-refractivity contribution in [1.82, 2.24) is 15.1 Å². The summed E-state index contributed by atoms with van der Waals surface area (Å²) in [6, 6.07) is 0.527. The van der Waals surface area contributed by atoms with Crippen LogP contribution in [0.5, 0.6) is 0 Å². The molecule has 0 aromatic rings. The molecule has 1 fully saturated rings. The lowest BCUT2D eigenvalue weighted by atomic mass is 10.1. The largest absolute Gasteiger partial charge is 0.364 e. The molecule has 19 heavy (non-hydrogen) atoms. The Balaban J connectivity index is 0.000000741. The van der Waals surface area contributed by atoms with Crippen molar-refractivity contribution in [1.29, 1.82) is 0 Å². The maximum absolute atomic E-state index is 4.74. The minimum atomic E-state index is 0.527. The summed E-state index contributed by atoms with van der Waals surface area (Å²) >= 11 is 0. The molecule has 4 nitrogen and oxygen atoms in total. The number of rotatable bonds is 2. The molecule has 0 bridgehead atoms. The standard InChI is InChI=1S/C11H22N4.2C2H6/c1-10-13-11(3-6-14(10)2)9-15-7-4-12-5-8-15;2*1-2/h11-12H,3-9H2,1-2H3;2*1-2H3. The highest BCUT2D eigenvalue weighted by Crippen LogP contribution is 2.10. The van der Waals surface area contributed by atoms with Gasteiger partial charge >= 0.3 is 0 Å². The third-order valence-corrected chi connectivity index (χ3v) is 3.40. The molecule has 4 heteroatoms. The molecular weight excluding hydrogens is 236 g/mol. The van der Waals surface area contributed by atoms with Gasteiger partial charge in [0.15, 0.2) is 0 Å². The number of amidine groups is 1. The monoisotopic (exact) mass is 270 g/mol. The fourth-order valence-electron chi connectivity index (χ4n) is 2.26. The molecule has 1 N–H and O–H groups in total. The molecule has 0 radical (unpaired) electrons. The van der Waals surface area contributed by atoms with Crippen LogP contribution in [0.2, 0.25) is 0 Å². The average molecular weight is 270 g/mol. The highest BCUT2D eigenvalue weighted by molar-refractivity contribution is 5.80. The summed E-state index contributed by atoms with van der Waals surface area (Å²) in [5, 5.41) is 3.38. The number of aliphatic imine (C=N–C) groups is 1. The van der Waals surface area contributed by atoms with Crippen molar-refractivity contribution in [2.24, 2.45) is 4.99 Å². The molecule has 1 atom stereocenters. The van der Waals surface area contributed by atoms with E-state index in [1.54, 1.807) is 0 Å². The van der Waals surface area contributed by atoms with Gasteiger partial charge in [0.05, 0.1) is 11.9 Å². The first-order valence-electron chi connectivity index (χ1n) is 7.94. The molecule has 0 saturated carbocycles. The van der Waals surface area contributed by atoms with Gasteiger partial charge in [-0.25, -0.2) is 0 Å². The number of hydrogen-bond donors (Lipinski definition) is 1. The van der Waals surface area contributed by atoms with Gasteiger partial charge < -0.3 is 10.2 Å². The van der Waals surface area contributed by atoms with Crippen molar-refractivity contribution in [2.75, 3.05) is 46.3 Å². The third-order valence-electron chi connectivity index (χ3n) is 3.40. The fraction of sp³-hybridized carbons (Fsp3) is 0.933. The van der Waals surface area contributed by atoms with Gasteiger partial charge in [-0.15, -0.1) is 0 Å². The van der Waals surface area contributed by atoms with Crippen molar-refractivity contribution in [3.8, 4) is 0 Å². The second-order valence-corrected chi connectivity index (χ2v) is 4.59. The Bertz CT molecular complexity index is 234. The Morgan fingerprint density at radius 2 is 1.68 bits per heavy atom. The SMILES string of the molecule is CC.CC.CC1=NC(CN2CCNCC2)CCN1C. The second kappa shape index (κ2) is 11.2. The van der Waals surface area contributed by atoms with Crippen LogP contribution in [0, 0.1) is 0 Å². The predicted octanol–water partition coefficient (Wildman–Crippen LogP) is 2.07. The molecule has 1 saturated heterocycles. The van der Waals surface area contributed by atoms with Gasteiger partial charge in [-0.2, -0.15) is 0 Å². The van der Waals surface area contributed by atoms with E-state index in [1.807, 2.05) is 27.7 Å². The van der Waals surface area contributed by atoms with Crippen LogP contribution >= 0.6 is 0 Å². The Morgan fingerprint density at radius 1 is 1.11 bits per heavy atom. The van der Waals surface area contributed by atoms with Gasteiger partial charge in [0.1, 0.15) is 0 Å². The van der Waals surface area contributed by atoms with Crippen LogP contribution in [0.15, 0.2) is 4.99 Å². The summed E-state index contributed by atoms with van der Waals surface area (Å²) in [4.78, 5) is 9.51. The van der Waals surface area contributed by atoms with Crippen molar-refractivity contribution in [3.63, 3.8) is 0 Å². The van der Waals surface area contributed by atoms with E-state index >= 15 is 0 Å². The molecule has 0 spiro atoms. The number of hydrogen-bond acceptors (Lipinski definition) is 4. The molecule has 0 aromatic carbocycles. The topological polar surface area (TPSA) is 30.9 Å². The minimum absolute atomic E-state index is 0.527. The van der Waals surface area contributed by atoms with E-state index < -0.39 is 0 Å². The van der Waals surface area contributed by atoms with Crippen LogP contribution in [0.3, 0.4) is 0 Å². The van der Waals surface area contributed by atoms with Crippen molar-refractivity contribution in [3.05, 3.63) is 0 Å². The zero-order valence-corrected chi connectivity index (χ0v) is 13.9. The zero-order valence-electron chi connectivity index (χ0n) is 13.9. The van der Waals surface area contributed by atoms with Crippen LogP contribution in [0.4, 0.5) is 0 Å². The molecule has 0 aliphatic carbocycles. The first kappa shape index (κ1) is 18.4.